The number of rotatable bonds is 6. The Morgan fingerprint density at radius 2 is 1.75 bits per heavy atom. The number of benzene rings is 1. The largest absolute Gasteiger partial charge is 0.444 e. The van der Waals surface area contributed by atoms with Crippen molar-refractivity contribution in [3.05, 3.63) is 47.5 Å². The van der Waals surface area contributed by atoms with Crippen LogP contribution in [0, 0.1) is 17.3 Å². The summed E-state index contributed by atoms with van der Waals surface area (Å²) in [6.07, 6.45) is 6.19. The van der Waals surface area contributed by atoms with Gasteiger partial charge in [-0.1, -0.05) is 49.3 Å². The summed E-state index contributed by atoms with van der Waals surface area (Å²) < 4.78 is 61.8. The Kier molecular flexibility index (Phi) is 10.4. The average Bonchev–Trinajstić information content (AvgIpc) is 4.02. The molecule has 288 valence electrons. The van der Waals surface area contributed by atoms with Crippen molar-refractivity contribution in [2.45, 2.75) is 113 Å². The summed E-state index contributed by atoms with van der Waals surface area (Å²) in [5, 5.41) is -0.633. The minimum Gasteiger partial charge on any atom is -0.444 e. The number of alkyl halides is 2. The molecule has 1 N–H and O–H groups in total. The molecule has 15 heteroatoms. The maximum Gasteiger partial charge on any atom is 0.410 e. The molecule has 0 unspecified atom stereocenters. The Hall–Kier alpha value is -3.88. The Labute approximate surface area is 308 Å². The van der Waals surface area contributed by atoms with Gasteiger partial charge in [0.2, 0.25) is 27.7 Å². The quantitative estimate of drug-likeness (QED) is 0.426. The number of hydrogen-bond donors (Lipinski definition) is 1. The lowest BCUT2D eigenvalue weighted by Gasteiger charge is -2.30. The maximum atomic E-state index is 14.5. The molecule has 12 nitrogen and oxygen atoms in total. The first-order chi connectivity index (χ1) is 25.2. The van der Waals surface area contributed by atoms with Crippen LogP contribution in [-0.4, -0.2) is 102 Å². The number of carbonyl (C=O) groups excluding carboxylic acids is 5. The molecule has 1 aromatic carbocycles. The number of nitrogens with zero attached hydrogens (tertiary/aromatic N) is 3. The fourth-order valence-electron chi connectivity index (χ4n) is 8.48. The van der Waals surface area contributed by atoms with Crippen LogP contribution in [0.25, 0.3) is 0 Å². The van der Waals surface area contributed by atoms with E-state index in [1.54, 1.807) is 4.90 Å². The van der Waals surface area contributed by atoms with E-state index in [1.165, 1.54) is 4.90 Å². The van der Waals surface area contributed by atoms with Gasteiger partial charge in [-0.2, -0.15) is 0 Å². The van der Waals surface area contributed by atoms with E-state index in [4.69, 9.17) is 4.74 Å². The van der Waals surface area contributed by atoms with Crippen LogP contribution >= 0.6 is 0 Å². The number of fused-ring (bicyclic) bond motifs is 3. The lowest BCUT2D eigenvalue weighted by Crippen LogP contribution is -2.47. The first kappa shape index (κ1) is 37.4. The minimum atomic E-state index is -3.89. The normalized spacial score (nSPS) is 31.0. The van der Waals surface area contributed by atoms with Gasteiger partial charge in [-0.15, -0.1) is 0 Å². The molecule has 7 rings (SSSR count). The minimum absolute atomic E-state index is 0.0294. The average molecular weight is 759 g/mol. The second-order valence-electron chi connectivity index (χ2n) is 15.9. The number of allylic oxidation sites excluding steroid dienone is 2. The molecule has 2 aliphatic carbocycles. The number of nitrogens with one attached hydrogen (secondary N) is 1. The van der Waals surface area contributed by atoms with Gasteiger partial charge in [0.25, 0.3) is 5.92 Å². The van der Waals surface area contributed by atoms with Crippen LogP contribution in [0.15, 0.2) is 36.4 Å². The van der Waals surface area contributed by atoms with Crippen molar-refractivity contribution in [2.75, 3.05) is 26.2 Å². The molecule has 2 saturated carbocycles. The van der Waals surface area contributed by atoms with Crippen molar-refractivity contribution in [3.8, 4) is 0 Å². The van der Waals surface area contributed by atoms with E-state index in [1.807, 2.05) is 36.4 Å². The Morgan fingerprint density at radius 3 is 2.49 bits per heavy atom. The zero-order chi connectivity index (χ0) is 37.5. The van der Waals surface area contributed by atoms with Crippen LogP contribution < -0.4 is 4.72 Å². The SMILES string of the molecule is O=C1C[C@]2(C(=O)NS(=O)(=O)C3CC3)C[C@H]2/C=C\CCCCC[C@H](CC(=O)N2CCC(F)(F)C2)C(=O)N2C[C@H](OC(=O)N3CCc4ccccc4C3)C[C@@H]12. The van der Waals surface area contributed by atoms with Gasteiger partial charge in [0.15, 0.2) is 5.78 Å². The van der Waals surface area contributed by atoms with Crippen LogP contribution in [0.5, 0.6) is 0 Å². The molecule has 0 radical (unpaired) electrons. The van der Waals surface area contributed by atoms with Gasteiger partial charge >= 0.3 is 6.09 Å². The van der Waals surface area contributed by atoms with Crippen LogP contribution in [-0.2, 0) is 46.9 Å². The molecule has 0 spiro atoms. The smallest absolute Gasteiger partial charge is 0.410 e. The fraction of sp³-hybridized carbons (Fsp3) is 0.658. The van der Waals surface area contributed by atoms with Gasteiger partial charge in [-0.25, -0.2) is 22.0 Å². The molecule has 1 aromatic rings. The monoisotopic (exact) mass is 758 g/mol. The molecule has 0 aromatic heterocycles. The molecular weight excluding hydrogens is 711 g/mol. The summed E-state index contributed by atoms with van der Waals surface area (Å²) in [5.41, 5.74) is 0.842. The summed E-state index contributed by atoms with van der Waals surface area (Å²) in [6, 6.07) is 6.71. The molecule has 4 aliphatic heterocycles. The molecule has 53 heavy (non-hydrogen) atoms. The predicted molar refractivity (Wildman–Crippen MR) is 188 cm³/mol. The van der Waals surface area contributed by atoms with Gasteiger partial charge < -0.3 is 19.4 Å². The number of amides is 4. The Balaban J connectivity index is 1.13. The predicted octanol–water partition coefficient (Wildman–Crippen LogP) is 4.12. The van der Waals surface area contributed by atoms with E-state index >= 15 is 0 Å². The lowest BCUT2D eigenvalue weighted by molar-refractivity contribution is -0.145. The topological polar surface area (TPSA) is 150 Å². The summed E-state index contributed by atoms with van der Waals surface area (Å²) >= 11 is 0. The highest BCUT2D eigenvalue weighted by atomic mass is 32.2. The van der Waals surface area contributed by atoms with Crippen molar-refractivity contribution in [3.63, 3.8) is 0 Å². The zero-order valence-electron chi connectivity index (χ0n) is 29.9. The van der Waals surface area contributed by atoms with Crippen molar-refractivity contribution in [2.24, 2.45) is 17.3 Å². The van der Waals surface area contributed by atoms with Gasteiger partial charge in [0.1, 0.15) is 6.10 Å². The summed E-state index contributed by atoms with van der Waals surface area (Å²) in [6.45, 7) is -0.141. The highest BCUT2D eigenvalue weighted by Gasteiger charge is 2.61. The number of ketones is 1. The third-order valence-electron chi connectivity index (χ3n) is 11.9. The van der Waals surface area contributed by atoms with Gasteiger partial charge in [-0.05, 0) is 62.0 Å². The van der Waals surface area contributed by atoms with E-state index in [9.17, 15) is 41.2 Å². The van der Waals surface area contributed by atoms with E-state index in [0.717, 1.165) is 28.9 Å². The number of likely N-dealkylation sites (tertiary alicyclic amines) is 1. The number of hydrogen-bond acceptors (Lipinski definition) is 8. The Morgan fingerprint density at radius 1 is 0.981 bits per heavy atom. The third-order valence-corrected chi connectivity index (χ3v) is 13.8. The summed E-state index contributed by atoms with van der Waals surface area (Å²) in [5.74, 6) is -6.49. The highest BCUT2D eigenvalue weighted by Crippen LogP contribution is 2.57. The van der Waals surface area contributed by atoms with E-state index < -0.39 is 87.2 Å². The molecule has 0 bridgehead atoms. The second-order valence-corrected chi connectivity index (χ2v) is 17.8. The second kappa shape index (κ2) is 14.7. The number of ether oxygens (including phenoxy) is 1. The van der Waals surface area contributed by atoms with Gasteiger partial charge in [0.05, 0.1) is 29.8 Å². The number of carbonyl (C=O) groups is 5. The fourth-order valence-corrected chi connectivity index (χ4v) is 9.86. The molecule has 4 fully saturated rings. The van der Waals surface area contributed by atoms with E-state index in [2.05, 4.69) is 4.72 Å². The number of halogens is 2. The summed E-state index contributed by atoms with van der Waals surface area (Å²) in [7, 11) is -3.89. The molecule has 5 atom stereocenters. The van der Waals surface area contributed by atoms with E-state index in [0.29, 0.717) is 51.6 Å². The van der Waals surface area contributed by atoms with Crippen molar-refractivity contribution in [1.82, 2.24) is 19.4 Å². The molecule has 6 aliphatic rings. The van der Waals surface area contributed by atoms with Crippen molar-refractivity contribution >= 4 is 39.6 Å². The van der Waals surface area contributed by atoms with Crippen LogP contribution in [0.1, 0.15) is 88.2 Å². The van der Waals surface area contributed by atoms with Crippen LogP contribution in [0.3, 0.4) is 0 Å². The first-order valence-corrected chi connectivity index (χ1v) is 20.5. The molecule has 4 heterocycles. The van der Waals surface area contributed by atoms with E-state index in [-0.39, 0.29) is 44.7 Å². The highest BCUT2D eigenvalue weighted by molar-refractivity contribution is 7.90. The first-order valence-electron chi connectivity index (χ1n) is 19.0. The van der Waals surface area contributed by atoms with Crippen LogP contribution in [0.4, 0.5) is 13.6 Å². The zero-order valence-corrected chi connectivity index (χ0v) is 30.7. The van der Waals surface area contributed by atoms with Crippen molar-refractivity contribution < 1.29 is 45.9 Å². The van der Waals surface area contributed by atoms with Crippen molar-refractivity contribution in [1.29, 1.82) is 0 Å². The lowest BCUT2D eigenvalue weighted by atomic mass is 9.90. The molecule has 2 saturated heterocycles. The number of sulfonamides is 1. The third kappa shape index (κ3) is 8.29. The van der Waals surface area contributed by atoms with Crippen LogP contribution in [0.2, 0.25) is 0 Å². The molecule has 4 amide bonds. The summed E-state index contributed by atoms with van der Waals surface area (Å²) in [4.78, 5) is 73.3. The molecular formula is C38H48F2N4O8S. The maximum absolute atomic E-state index is 14.5. The Bertz CT molecular complexity index is 1780. The standard InChI is InChI=1S/C38H48F2N4O8S/c39-38(40)15-17-43(24-38)33(46)18-26-9-4-2-1-3-5-11-28-20-37(28,35(48)41-53(50,51)30-12-13-30)21-32(45)31-19-29(23-44(31)34(26)47)52-36(49)42-16-14-25-8-6-7-10-27(25)22-42/h5-8,10-11,26,28-31H,1-4,9,12-24H2,(H,41,48)/b11-5-/t26-,28-,29-,31+,37-/m1/s1. The van der Waals surface area contributed by atoms with Gasteiger partial charge in [0, 0.05) is 51.2 Å². The van der Waals surface area contributed by atoms with Gasteiger partial charge in [-0.3, -0.25) is 23.9 Å². The number of Topliss-reactive ketones (excluding diaryl/α,β-unsaturated/α-hetero) is 1.